The molecule has 0 aromatic heterocycles. The first-order valence-corrected chi connectivity index (χ1v) is 5.51. The molecule has 0 unspecified atom stereocenters. The standard InChI is InChI=1S/C7H4Br2Cl2/c8-3-4-1-6(10)7(11)2-5(4)9/h1-2H,3H2. The Bertz CT molecular complexity index is 273. The van der Waals surface area contributed by atoms with Crippen molar-refractivity contribution in [2.24, 2.45) is 0 Å². The smallest absolute Gasteiger partial charge is 0.0603 e. The van der Waals surface area contributed by atoms with Crippen LogP contribution in [0, 0.1) is 0 Å². The average molecular weight is 319 g/mol. The van der Waals surface area contributed by atoms with Crippen molar-refractivity contribution in [1.82, 2.24) is 0 Å². The van der Waals surface area contributed by atoms with Crippen molar-refractivity contribution in [2.75, 3.05) is 0 Å². The van der Waals surface area contributed by atoms with Crippen LogP contribution in [0.1, 0.15) is 5.56 Å². The maximum atomic E-state index is 5.79. The van der Waals surface area contributed by atoms with Gasteiger partial charge in [-0.25, -0.2) is 0 Å². The van der Waals surface area contributed by atoms with Crippen molar-refractivity contribution in [2.45, 2.75) is 5.33 Å². The molecule has 0 heterocycles. The Morgan fingerprint density at radius 1 is 1.18 bits per heavy atom. The molecule has 60 valence electrons. The summed E-state index contributed by atoms with van der Waals surface area (Å²) in [4.78, 5) is 0. The van der Waals surface area contributed by atoms with E-state index in [9.17, 15) is 0 Å². The summed E-state index contributed by atoms with van der Waals surface area (Å²) in [7, 11) is 0. The first-order chi connectivity index (χ1) is 5.15. The maximum absolute atomic E-state index is 5.79. The van der Waals surface area contributed by atoms with Crippen LogP contribution in [-0.4, -0.2) is 0 Å². The first-order valence-electron chi connectivity index (χ1n) is 2.84. The molecule has 0 fully saturated rings. The van der Waals surface area contributed by atoms with Crippen LogP contribution in [0.4, 0.5) is 0 Å². The summed E-state index contributed by atoms with van der Waals surface area (Å²) in [6, 6.07) is 3.63. The van der Waals surface area contributed by atoms with Crippen LogP contribution < -0.4 is 0 Å². The molecule has 1 aromatic rings. The second kappa shape index (κ2) is 4.13. The van der Waals surface area contributed by atoms with Crippen LogP contribution in [0.3, 0.4) is 0 Å². The highest BCUT2D eigenvalue weighted by molar-refractivity contribution is 9.10. The van der Waals surface area contributed by atoms with E-state index in [2.05, 4.69) is 31.9 Å². The normalized spacial score (nSPS) is 10.2. The highest BCUT2D eigenvalue weighted by atomic mass is 79.9. The van der Waals surface area contributed by atoms with Crippen molar-refractivity contribution < 1.29 is 0 Å². The molecule has 0 radical (unpaired) electrons. The van der Waals surface area contributed by atoms with Crippen molar-refractivity contribution in [3.8, 4) is 0 Å². The molecule has 0 aliphatic rings. The fraction of sp³-hybridized carbons (Fsp3) is 0.143. The molecule has 0 spiro atoms. The van der Waals surface area contributed by atoms with E-state index in [1.165, 1.54) is 0 Å². The van der Waals surface area contributed by atoms with Gasteiger partial charge in [-0.1, -0.05) is 55.1 Å². The van der Waals surface area contributed by atoms with Crippen LogP contribution in [-0.2, 0) is 5.33 Å². The van der Waals surface area contributed by atoms with Gasteiger partial charge < -0.3 is 0 Å². The zero-order valence-corrected chi connectivity index (χ0v) is 10.1. The van der Waals surface area contributed by atoms with E-state index in [4.69, 9.17) is 23.2 Å². The molecule has 0 aliphatic carbocycles. The van der Waals surface area contributed by atoms with Gasteiger partial charge in [0.2, 0.25) is 0 Å². The summed E-state index contributed by atoms with van der Waals surface area (Å²) in [5.74, 6) is 0. The van der Waals surface area contributed by atoms with Gasteiger partial charge in [0.15, 0.2) is 0 Å². The number of hydrogen-bond donors (Lipinski definition) is 0. The molecule has 1 rings (SSSR count). The zero-order chi connectivity index (χ0) is 8.43. The van der Waals surface area contributed by atoms with Crippen LogP contribution in [0.25, 0.3) is 0 Å². The first kappa shape index (κ1) is 9.85. The van der Waals surface area contributed by atoms with Crippen molar-refractivity contribution in [1.29, 1.82) is 0 Å². The third-order valence-corrected chi connectivity index (χ3v) is 3.30. The molecular weight excluding hydrogens is 315 g/mol. The predicted molar refractivity (Wildman–Crippen MR) is 56.8 cm³/mol. The summed E-state index contributed by atoms with van der Waals surface area (Å²) in [6.07, 6.45) is 0. The number of halogens is 4. The Balaban J connectivity index is 3.21. The van der Waals surface area contributed by atoms with E-state index in [-0.39, 0.29) is 0 Å². The summed E-state index contributed by atoms with van der Waals surface area (Å²) < 4.78 is 0.976. The molecule has 0 saturated heterocycles. The maximum Gasteiger partial charge on any atom is 0.0603 e. The molecule has 0 amide bonds. The highest BCUT2D eigenvalue weighted by Gasteiger charge is 2.03. The van der Waals surface area contributed by atoms with Crippen molar-refractivity contribution in [3.63, 3.8) is 0 Å². The van der Waals surface area contributed by atoms with Gasteiger partial charge in [0.1, 0.15) is 0 Å². The monoisotopic (exact) mass is 316 g/mol. The third-order valence-electron chi connectivity index (χ3n) is 1.23. The minimum atomic E-state index is 0.572. The Labute approximate surface area is 92.1 Å². The molecule has 0 N–H and O–H groups in total. The van der Waals surface area contributed by atoms with Gasteiger partial charge in [-0.3, -0.25) is 0 Å². The lowest BCUT2D eigenvalue weighted by Crippen LogP contribution is -1.80. The highest BCUT2D eigenvalue weighted by Crippen LogP contribution is 2.30. The van der Waals surface area contributed by atoms with Crippen LogP contribution >= 0.6 is 55.1 Å². The molecule has 0 bridgehead atoms. The quantitative estimate of drug-likeness (QED) is 0.522. The lowest BCUT2D eigenvalue weighted by molar-refractivity contribution is 1.40. The Morgan fingerprint density at radius 2 is 1.73 bits per heavy atom. The third kappa shape index (κ3) is 2.35. The molecule has 0 saturated carbocycles. The number of benzene rings is 1. The van der Waals surface area contributed by atoms with Gasteiger partial charge in [0.05, 0.1) is 10.0 Å². The average Bonchev–Trinajstić information content (AvgIpc) is 1.97. The summed E-state index contributed by atoms with van der Waals surface area (Å²) in [5.41, 5.74) is 1.10. The van der Waals surface area contributed by atoms with Gasteiger partial charge in [-0.2, -0.15) is 0 Å². The Morgan fingerprint density at radius 3 is 2.27 bits per heavy atom. The van der Waals surface area contributed by atoms with E-state index in [1.54, 1.807) is 6.07 Å². The minimum Gasteiger partial charge on any atom is -0.0876 e. The van der Waals surface area contributed by atoms with E-state index in [0.29, 0.717) is 10.0 Å². The topological polar surface area (TPSA) is 0 Å². The summed E-state index contributed by atoms with van der Waals surface area (Å²) >= 11 is 18.3. The predicted octanol–water partition coefficient (Wildman–Crippen LogP) is 4.65. The molecular formula is C7H4Br2Cl2. The molecule has 0 nitrogen and oxygen atoms in total. The van der Waals surface area contributed by atoms with Crippen molar-refractivity contribution >= 4 is 55.1 Å². The van der Waals surface area contributed by atoms with E-state index in [0.717, 1.165) is 15.4 Å². The molecule has 11 heavy (non-hydrogen) atoms. The van der Waals surface area contributed by atoms with Gasteiger partial charge in [0.25, 0.3) is 0 Å². The largest absolute Gasteiger partial charge is 0.0876 e. The lowest BCUT2D eigenvalue weighted by Gasteiger charge is -2.01. The molecule has 4 heteroatoms. The van der Waals surface area contributed by atoms with Gasteiger partial charge in [0, 0.05) is 9.80 Å². The zero-order valence-electron chi connectivity index (χ0n) is 5.37. The van der Waals surface area contributed by atoms with E-state index >= 15 is 0 Å². The van der Waals surface area contributed by atoms with Crippen LogP contribution in [0.5, 0.6) is 0 Å². The van der Waals surface area contributed by atoms with Gasteiger partial charge in [-0.15, -0.1) is 0 Å². The number of hydrogen-bond acceptors (Lipinski definition) is 0. The summed E-state index contributed by atoms with van der Waals surface area (Å²) in [5, 5.41) is 1.93. The second-order valence-electron chi connectivity index (χ2n) is 1.99. The van der Waals surface area contributed by atoms with Crippen LogP contribution in [0.15, 0.2) is 16.6 Å². The second-order valence-corrected chi connectivity index (χ2v) is 4.22. The number of rotatable bonds is 1. The van der Waals surface area contributed by atoms with Gasteiger partial charge >= 0.3 is 0 Å². The molecule has 0 atom stereocenters. The summed E-state index contributed by atoms with van der Waals surface area (Å²) in [6.45, 7) is 0. The SMILES string of the molecule is Clc1cc(Br)c(CBr)cc1Cl. The molecule has 1 aromatic carbocycles. The minimum absolute atomic E-state index is 0.572. The van der Waals surface area contributed by atoms with E-state index in [1.807, 2.05) is 6.07 Å². The van der Waals surface area contributed by atoms with Crippen molar-refractivity contribution in [3.05, 3.63) is 32.2 Å². The fourth-order valence-electron chi connectivity index (χ4n) is 0.666. The number of alkyl halides is 1. The fourth-order valence-corrected chi connectivity index (χ4v) is 2.47. The van der Waals surface area contributed by atoms with Gasteiger partial charge in [-0.05, 0) is 17.7 Å². The van der Waals surface area contributed by atoms with Crippen LogP contribution in [0.2, 0.25) is 10.0 Å². The molecule has 0 aliphatic heterocycles. The Kier molecular flexibility index (Phi) is 3.69. The van der Waals surface area contributed by atoms with E-state index < -0.39 is 0 Å². The Hall–Kier alpha value is 0.760. The lowest BCUT2D eigenvalue weighted by atomic mass is 10.2.